The number of para-hydroxylation sites is 1. The van der Waals surface area contributed by atoms with Gasteiger partial charge in [0.1, 0.15) is 18.2 Å². The molecule has 0 bridgehead atoms. The van der Waals surface area contributed by atoms with Gasteiger partial charge in [0.2, 0.25) is 0 Å². The van der Waals surface area contributed by atoms with Crippen LogP contribution in [-0.4, -0.2) is 13.0 Å². The zero-order valence-corrected chi connectivity index (χ0v) is 14.8. The number of primary amides is 1. The summed E-state index contributed by atoms with van der Waals surface area (Å²) in [6, 6.07) is 11.9. The van der Waals surface area contributed by atoms with E-state index >= 15 is 0 Å². The van der Waals surface area contributed by atoms with Gasteiger partial charge in [0.15, 0.2) is 11.5 Å². The van der Waals surface area contributed by atoms with E-state index in [-0.39, 0.29) is 12.2 Å². The van der Waals surface area contributed by atoms with Gasteiger partial charge in [-0.15, -0.1) is 0 Å². The quantitative estimate of drug-likeness (QED) is 0.610. The van der Waals surface area contributed by atoms with E-state index in [0.717, 1.165) is 5.56 Å². The van der Waals surface area contributed by atoms with Crippen LogP contribution in [0.1, 0.15) is 11.1 Å². The largest absolute Gasteiger partial charge is 0.493 e. The van der Waals surface area contributed by atoms with Crippen molar-refractivity contribution in [2.75, 3.05) is 7.11 Å². The van der Waals surface area contributed by atoms with Crippen LogP contribution >= 0.6 is 23.2 Å². The second kappa shape index (κ2) is 8.43. The Labute approximate surface area is 155 Å². The highest BCUT2D eigenvalue weighted by Gasteiger charge is 2.13. The summed E-state index contributed by atoms with van der Waals surface area (Å²) < 4.78 is 11.1. The average molecular weight is 377 g/mol. The predicted octanol–water partition coefficient (Wildman–Crippen LogP) is 3.97. The van der Waals surface area contributed by atoms with Crippen LogP contribution in [0.25, 0.3) is 6.08 Å². The summed E-state index contributed by atoms with van der Waals surface area (Å²) >= 11 is 12.0. The number of nitrogens with two attached hydrogens (primary N) is 1. The van der Waals surface area contributed by atoms with Gasteiger partial charge in [-0.3, -0.25) is 4.79 Å². The first kappa shape index (κ1) is 18.7. The summed E-state index contributed by atoms with van der Waals surface area (Å²) in [4.78, 5) is 11.3. The van der Waals surface area contributed by atoms with Crippen molar-refractivity contribution in [1.82, 2.24) is 0 Å². The van der Waals surface area contributed by atoms with Crippen LogP contribution in [0.3, 0.4) is 0 Å². The molecule has 0 aromatic heterocycles. The second-order valence-corrected chi connectivity index (χ2v) is 5.78. The molecular formula is C18H14Cl2N2O3. The Kier molecular flexibility index (Phi) is 6.29. The number of nitriles is 1. The van der Waals surface area contributed by atoms with Crippen LogP contribution in [0.2, 0.25) is 10.0 Å². The molecule has 2 rings (SSSR count). The lowest BCUT2D eigenvalue weighted by atomic mass is 10.1. The van der Waals surface area contributed by atoms with Crippen LogP contribution in [0, 0.1) is 11.3 Å². The van der Waals surface area contributed by atoms with E-state index in [4.69, 9.17) is 43.7 Å². The third kappa shape index (κ3) is 4.66. The molecule has 7 heteroatoms. The van der Waals surface area contributed by atoms with Gasteiger partial charge in [-0.1, -0.05) is 41.4 Å². The maximum Gasteiger partial charge on any atom is 0.259 e. The second-order valence-electron chi connectivity index (χ2n) is 4.94. The predicted molar refractivity (Wildman–Crippen MR) is 96.6 cm³/mol. The number of ether oxygens (including phenoxy) is 2. The van der Waals surface area contributed by atoms with Gasteiger partial charge < -0.3 is 15.2 Å². The summed E-state index contributed by atoms with van der Waals surface area (Å²) in [7, 11) is 1.49. The molecular weight excluding hydrogens is 363 g/mol. The number of halogens is 2. The van der Waals surface area contributed by atoms with E-state index in [1.165, 1.54) is 13.2 Å². The highest BCUT2D eigenvalue weighted by Crippen LogP contribution is 2.34. The van der Waals surface area contributed by atoms with E-state index in [1.54, 1.807) is 42.5 Å². The summed E-state index contributed by atoms with van der Waals surface area (Å²) in [6.07, 6.45) is 1.35. The summed E-state index contributed by atoms with van der Waals surface area (Å²) in [5.41, 5.74) is 6.20. The molecule has 2 aromatic rings. The molecule has 2 aromatic carbocycles. The molecule has 0 aliphatic rings. The molecule has 2 N–H and O–H groups in total. The fourth-order valence-corrected chi connectivity index (χ4v) is 2.53. The first-order valence-corrected chi connectivity index (χ1v) is 7.87. The van der Waals surface area contributed by atoms with Gasteiger partial charge in [0.05, 0.1) is 7.11 Å². The van der Waals surface area contributed by atoms with Gasteiger partial charge in [0.25, 0.3) is 5.91 Å². The van der Waals surface area contributed by atoms with Crippen molar-refractivity contribution in [3.63, 3.8) is 0 Å². The van der Waals surface area contributed by atoms with Crippen LogP contribution in [0.5, 0.6) is 11.5 Å². The average Bonchev–Trinajstić information content (AvgIpc) is 2.58. The monoisotopic (exact) mass is 376 g/mol. The van der Waals surface area contributed by atoms with Crippen LogP contribution in [0.4, 0.5) is 0 Å². The summed E-state index contributed by atoms with van der Waals surface area (Å²) in [5.74, 6) is -0.0115. The van der Waals surface area contributed by atoms with E-state index in [9.17, 15) is 4.79 Å². The Bertz CT molecular complexity index is 873. The fraction of sp³-hybridized carbons (Fsp3) is 0.111. The lowest BCUT2D eigenvalue weighted by Crippen LogP contribution is -2.12. The molecule has 0 saturated heterocycles. The van der Waals surface area contributed by atoms with Crippen LogP contribution in [-0.2, 0) is 11.4 Å². The standard InChI is InChI=1S/C18H14Cl2N2O3/c1-24-16-4-2-3-11(7-13(9-21)18(22)23)17(16)25-10-12-5-6-14(19)8-15(12)20/h2-8H,10H2,1H3,(H2,22,23). The van der Waals surface area contributed by atoms with Crippen molar-refractivity contribution in [3.05, 3.63) is 63.1 Å². The van der Waals surface area contributed by atoms with Gasteiger partial charge in [0, 0.05) is 21.2 Å². The number of rotatable bonds is 6. The van der Waals surface area contributed by atoms with Crippen molar-refractivity contribution < 1.29 is 14.3 Å². The molecule has 5 nitrogen and oxygen atoms in total. The molecule has 128 valence electrons. The van der Waals surface area contributed by atoms with Crippen molar-refractivity contribution in [3.8, 4) is 17.6 Å². The van der Waals surface area contributed by atoms with E-state index in [2.05, 4.69) is 0 Å². The van der Waals surface area contributed by atoms with Crippen molar-refractivity contribution in [1.29, 1.82) is 5.26 Å². The Morgan fingerprint density at radius 2 is 2.08 bits per heavy atom. The molecule has 0 unspecified atom stereocenters. The van der Waals surface area contributed by atoms with Crippen molar-refractivity contribution in [2.24, 2.45) is 5.73 Å². The number of methoxy groups -OCH3 is 1. The smallest absolute Gasteiger partial charge is 0.259 e. The summed E-state index contributed by atoms with van der Waals surface area (Å²) in [6.45, 7) is 0.148. The molecule has 0 heterocycles. The van der Waals surface area contributed by atoms with Crippen molar-refractivity contribution in [2.45, 2.75) is 6.61 Å². The fourth-order valence-electron chi connectivity index (χ4n) is 2.06. The normalized spacial score (nSPS) is 10.9. The minimum absolute atomic E-state index is 0.148. The minimum Gasteiger partial charge on any atom is -0.493 e. The third-order valence-electron chi connectivity index (χ3n) is 3.30. The number of hydrogen-bond donors (Lipinski definition) is 1. The molecule has 0 aliphatic carbocycles. The van der Waals surface area contributed by atoms with Gasteiger partial charge >= 0.3 is 0 Å². The lowest BCUT2D eigenvalue weighted by molar-refractivity contribution is -0.114. The molecule has 0 saturated carbocycles. The lowest BCUT2D eigenvalue weighted by Gasteiger charge is -2.14. The Morgan fingerprint density at radius 3 is 2.68 bits per heavy atom. The molecule has 0 fully saturated rings. The molecule has 0 radical (unpaired) electrons. The maximum atomic E-state index is 11.3. The number of benzene rings is 2. The Balaban J connectivity index is 2.39. The zero-order chi connectivity index (χ0) is 18.4. The molecule has 0 atom stereocenters. The molecule has 0 spiro atoms. The van der Waals surface area contributed by atoms with Gasteiger partial charge in [-0.25, -0.2) is 0 Å². The highest BCUT2D eigenvalue weighted by molar-refractivity contribution is 6.35. The summed E-state index contributed by atoms with van der Waals surface area (Å²) in [5, 5.41) is 10.0. The first-order valence-electron chi connectivity index (χ1n) is 7.11. The SMILES string of the molecule is COc1cccc(C=C(C#N)C(N)=O)c1OCc1ccc(Cl)cc1Cl. The van der Waals surface area contributed by atoms with E-state index < -0.39 is 5.91 Å². The number of nitrogens with zero attached hydrogens (tertiary/aromatic N) is 1. The number of carbonyl (C=O) groups excluding carboxylic acids is 1. The van der Waals surface area contributed by atoms with Gasteiger partial charge in [-0.05, 0) is 24.3 Å². The minimum atomic E-state index is -0.822. The zero-order valence-electron chi connectivity index (χ0n) is 13.3. The molecule has 0 aliphatic heterocycles. The number of carbonyl (C=O) groups is 1. The topological polar surface area (TPSA) is 85.3 Å². The number of hydrogen-bond acceptors (Lipinski definition) is 4. The van der Waals surface area contributed by atoms with Gasteiger partial charge in [-0.2, -0.15) is 5.26 Å². The van der Waals surface area contributed by atoms with Crippen LogP contribution in [0.15, 0.2) is 42.0 Å². The van der Waals surface area contributed by atoms with E-state index in [0.29, 0.717) is 27.1 Å². The first-order chi connectivity index (χ1) is 12.0. The molecule has 1 amide bonds. The number of amides is 1. The Morgan fingerprint density at radius 1 is 1.32 bits per heavy atom. The highest BCUT2D eigenvalue weighted by atomic mass is 35.5. The molecule has 25 heavy (non-hydrogen) atoms. The van der Waals surface area contributed by atoms with E-state index in [1.807, 2.05) is 0 Å². The third-order valence-corrected chi connectivity index (χ3v) is 3.89. The van der Waals surface area contributed by atoms with Crippen molar-refractivity contribution >= 4 is 35.2 Å². The Hall–Kier alpha value is -2.68. The van der Waals surface area contributed by atoms with Crippen LogP contribution < -0.4 is 15.2 Å². The maximum absolute atomic E-state index is 11.3.